The Hall–Kier alpha value is -2.62. The minimum atomic E-state index is 0.705. The van der Waals surface area contributed by atoms with Crippen LogP contribution < -0.4 is 11.1 Å². The number of anilines is 2. The zero-order valence-electron chi connectivity index (χ0n) is 11.1. The van der Waals surface area contributed by atoms with Crippen molar-refractivity contribution in [3.8, 4) is 0 Å². The van der Waals surface area contributed by atoms with E-state index >= 15 is 0 Å². The molecule has 3 rings (SSSR count). The van der Waals surface area contributed by atoms with Gasteiger partial charge in [-0.25, -0.2) is 0 Å². The molecule has 0 radical (unpaired) electrons. The lowest BCUT2D eigenvalue weighted by atomic mass is 10.1. The maximum absolute atomic E-state index is 5.94. The van der Waals surface area contributed by atoms with Crippen molar-refractivity contribution in [1.29, 1.82) is 0 Å². The van der Waals surface area contributed by atoms with Gasteiger partial charge in [-0.05, 0) is 24.3 Å². The van der Waals surface area contributed by atoms with E-state index in [2.05, 4.69) is 15.3 Å². The lowest BCUT2D eigenvalue weighted by Gasteiger charge is -2.10. The quantitative estimate of drug-likeness (QED) is 0.711. The Labute approximate surface area is 117 Å². The highest BCUT2D eigenvalue weighted by Gasteiger charge is 2.03. The molecular formula is C16H16N4. The Kier molecular flexibility index (Phi) is 3.46. The second-order valence-electron chi connectivity index (χ2n) is 4.60. The summed E-state index contributed by atoms with van der Waals surface area (Å²) in [5.74, 6) is 0. The van der Waals surface area contributed by atoms with Gasteiger partial charge in [0.25, 0.3) is 0 Å². The standard InChI is InChI=1S/C16H16N4/c17-14-6-3-5-13-15(8-11-20-16(13)14)19-10-7-12-4-1-2-9-18-12/h1-6,8-9,11H,7,10,17H2,(H,19,20). The lowest BCUT2D eigenvalue weighted by Crippen LogP contribution is -2.06. The summed E-state index contributed by atoms with van der Waals surface area (Å²) in [6.45, 7) is 0.824. The van der Waals surface area contributed by atoms with Gasteiger partial charge in [0.05, 0.1) is 11.2 Å². The normalized spacial score (nSPS) is 10.6. The van der Waals surface area contributed by atoms with Crippen LogP contribution in [0.15, 0.2) is 54.9 Å². The number of hydrogen-bond acceptors (Lipinski definition) is 4. The van der Waals surface area contributed by atoms with Crippen molar-refractivity contribution < 1.29 is 0 Å². The molecule has 3 N–H and O–H groups in total. The minimum Gasteiger partial charge on any atom is -0.397 e. The van der Waals surface area contributed by atoms with Gasteiger partial charge in [0, 0.05) is 42.1 Å². The maximum atomic E-state index is 5.94. The predicted octanol–water partition coefficient (Wildman–Crippen LogP) is 2.87. The van der Waals surface area contributed by atoms with Crippen LogP contribution in [0.5, 0.6) is 0 Å². The van der Waals surface area contributed by atoms with Crippen molar-refractivity contribution in [2.45, 2.75) is 6.42 Å². The van der Waals surface area contributed by atoms with Gasteiger partial charge in [0.2, 0.25) is 0 Å². The molecule has 0 unspecified atom stereocenters. The number of nitrogens with two attached hydrogens (primary N) is 1. The van der Waals surface area contributed by atoms with Crippen LogP contribution in [0.1, 0.15) is 5.69 Å². The number of rotatable bonds is 4. The number of para-hydroxylation sites is 1. The van der Waals surface area contributed by atoms with E-state index in [0.717, 1.165) is 35.2 Å². The topological polar surface area (TPSA) is 63.8 Å². The molecule has 3 aromatic rings. The summed E-state index contributed by atoms with van der Waals surface area (Å²) in [5, 5.41) is 4.48. The molecule has 0 saturated heterocycles. The molecule has 0 bridgehead atoms. The first-order valence-corrected chi connectivity index (χ1v) is 6.61. The number of aromatic nitrogens is 2. The van der Waals surface area contributed by atoms with Gasteiger partial charge in [-0.3, -0.25) is 9.97 Å². The van der Waals surface area contributed by atoms with Gasteiger partial charge in [0.1, 0.15) is 0 Å². The van der Waals surface area contributed by atoms with Crippen LogP contribution in [0, 0.1) is 0 Å². The van der Waals surface area contributed by atoms with E-state index in [9.17, 15) is 0 Å². The Morgan fingerprint density at radius 2 is 1.90 bits per heavy atom. The van der Waals surface area contributed by atoms with E-state index in [1.165, 1.54) is 0 Å². The summed E-state index contributed by atoms with van der Waals surface area (Å²) in [7, 11) is 0. The molecule has 0 amide bonds. The summed E-state index contributed by atoms with van der Waals surface area (Å²) in [6, 6.07) is 13.8. The molecule has 0 spiro atoms. The fraction of sp³-hybridized carbons (Fsp3) is 0.125. The number of hydrogen-bond donors (Lipinski definition) is 2. The third-order valence-corrected chi connectivity index (χ3v) is 3.22. The van der Waals surface area contributed by atoms with Crippen LogP contribution in [0.2, 0.25) is 0 Å². The highest BCUT2D eigenvalue weighted by Crippen LogP contribution is 2.25. The first kappa shape index (κ1) is 12.4. The third-order valence-electron chi connectivity index (χ3n) is 3.22. The molecule has 2 heterocycles. The van der Waals surface area contributed by atoms with Crippen molar-refractivity contribution in [2.24, 2.45) is 0 Å². The van der Waals surface area contributed by atoms with Gasteiger partial charge in [-0.15, -0.1) is 0 Å². The number of nitrogen functional groups attached to an aromatic ring is 1. The van der Waals surface area contributed by atoms with Crippen molar-refractivity contribution in [3.63, 3.8) is 0 Å². The van der Waals surface area contributed by atoms with Crippen LogP contribution in [-0.2, 0) is 6.42 Å². The van der Waals surface area contributed by atoms with Crippen molar-refractivity contribution in [2.75, 3.05) is 17.6 Å². The number of nitrogens with zero attached hydrogens (tertiary/aromatic N) is 2. The van der Waals surface area contributed by atoms with E-state index in [4.69, 9.17) is 5.73 Å². The maximum Gasteiger partial charge on any atom is 0.0951 e. The Morgan fingerprint density at radius 1 is 0.950 bits per heavy atom. The number of benzene rings is 1. The van der Waals surface area contributed by atoms with Crippen molar-refractivity contribution in [3.05, 3.63) is 60.6 Å². The molecule has 4 nitrogen and oxygen atoms in total. The lowest BCUT2D eigenvalue weighted by molar-refractivity contribution is 0.962. The van der Waals surface area contributed by atoms with Crippen LogP contribution in [-0.4, -0.2) is 16.5 Å². The number of nitrogens with one attached hydrogen (secondary N) is 1. The van der Waals surface area contributed by atoms with Gasteiger partial charge in [-0.1, -0.05) is 18.2 Å². The molecule has 0 saturated carbocycles. The molecule has 1 aromatic carbocycles. The smallest absolute Gasteiger partial charge is 0.0951 e. The Balaban J connectivity index is 1.76. The largest absolute Gasteiger partial charge is 0.397 e. The van der Waals surface area contributed by atoms with Crippen molar-refractivity contribution >= 4 is 22.3 Å². The van der Waals surface area contributed by atoms with Gasteiger partial charge < -0.3 is 11.1 Å². The summed E-state index contributed by atoms with van der Waals surface area (Å²) < 4.78 is 0. The molecule has 20 heavy (non-hydrogen) atoms. The molecule has 0 fully saturated rings. The monoisotopic (exact) mass is 264 g/mol. The van der Waals surface area contributed by atoms with E-state index in [1.54, 1.807) is 6.20 Å². The second-order valence-corrected chi connectivity index (χ2v) is 4.60. The molecule has 0 aliphatic rings. The summed E-state index contributed by atoms with van der Waals surface area (Å²) in [6.07, 6.45) is 4.48. The number of pyridine rings is 2. The molecule has 100 valence electrons. The molecule has 0 aliphatic carbocycles. The zero-order chi connectivity index (χ0) is 13.8. The van der Waals surface area contributed by atoms with Gasteiger partial charge in [0.15, 0.2) is 0 Å². The van der Waals surface area contributed by atoms with E-state index in [-0.39, 0.29) is 0 Å². The van der Waals surface area contributed by atoms with Gasteiger partial charge in [-0.2, -0.15) is 0 Å². The minimum absolute atomic E-state index is 0.705. The van der Waals surface area contributed by atoms with Crippen molar-refractivity contribution in [1.82, 2.24) is 9.97 Å². The van der Waals surface area contributed by atoms with Crippen LogP contribution in [0.25, 0.3) is 10.9 Å². The molecule has 0 atom stereocenters. The molecule has 4 heteroatoms. The highest BCUT2D eigenvalue weighted by atomic mass is 14.9. The first-order chi connectivity index (χ1) is 9.84. The molecule has 2 aromatic heterocycles. The first-order valence-electron chi connectivity index (χ1n) is 6.61. The zero-order valence-corrected chi connectivity index (χ0v) is 11.1. The highest BCUT2D eigenvalue weighted by molar-refractivity contribution is 5.97. The van der Waals surface area contributed by atoms with Crippen LogP contribution in [0.3, 0.4) is 0 Å². The summed E-state index contributed by atoms with van der Waals surface area (Å²) in [4.78, 5) is 8.64. The Bertz CT molecular complexity index is 710. The van der Waals surface area contributed by atoms with Gasteiger partial charge >= 0.3 is 0 Å². The predicted molar refractivity (Wildman–Crippen MR) is 82.6 cm³/mol. The average Bonchev–Trinajstić information content (AvgIpc) is 2.49. The molecule has 0 aliphatic heterocycles. The Morgan fingerprint density at radius 3 is 2.75 bits per heavy atom. The SMILES string of the molecule is Nc1cccc2c(NCCc3ccccn3)ccnc12. The summed E-state index contributed by atoms with van der Waals surface area (Å²) >= 11 is 0. The summed E-state index contributed by atoms with van der Waals surface area (Å²) in [5.41, 5.74) is 9.63. The fourth-order valence-corrected chi connectivity index (χ4v) is 2.22. The fourth-order valence-electron chi connectivity index (χ4n) is 2.22. The van der Waals surface area contributed by atoms with Crippen LogP contribution >= 0.6 is 0 Å². The van der Waals surface area contributed by atoms with E-state index in [1.807, 2.05) is 48.7 Å². The van der Waals surface area contributed by atoms with E-state index in [0.29, 0.717) is 5.69 Å². The van der Waals surface area contributed by atoms with Crippen LogP contribution in [0.4, 0.5) is 11.4 Å². The third kappa shape index (κ3) is 2.54. The average molecular weight is 264 g/mol. The number of fused-ring (bicyclic) bond motifs is 1. The second kappa shape index (κ2) is 5.57. The molecular weight excluding hydrogens is 248 g/mol. The van der Waals surface area contributed by atoms with E-state index < -0.39 is 0 Å².